The topological polar surface area (TPSA) is 77.4 Å². The Kier molecular flexibility index (Phi) is 26.0. The van der Waals surface area contributed by atoms with Crippen LogP contribution in [-0.4, -0.2) is 55.7 Å². The standard InChI is InChI=1S/C35H60N6.C7H8.C4H10/c1-7-17-32(34(39-29(5)26-36)25-31-19-12-11-13-20-31)38-27-30(6)40-33(21-16-22-37-28(3)4)35(18-8-2)41-23-14-9-10-15-24-41;1-7-5-3-2-4-6-7;1-4(2)3/h11-13,17-20,28,33-34,37-40H,5-10,14-16,21-27,36H2,1-4H3;2-6H,1H3;4H,1-3H3. The molecule has 0 bridgehead atoms. The first-order chi connectivity index (χ1) is 25.0. The minimum atomic E-state index is 0.0618. The molecule has 1 aliphatic rings. The van der Waals surface area contributed by atoms with Crippen LogP contribution in [0.25, 0.3) is 0 Å². The molecule has 2 atom stereocenters. The number of likely N-dealkylation sites (tertiary alicyclic amines) is 1. The highest BCUT2D eigenvalue weighted by Crippen LogP contribution is 2.21. The van der Waals surface area contributed by atoms with Crippen LogP contribution in [0.5, 0.6) is 0 Å². The molecule has 292 valence electrons. The Hall–Kier alpha value is -3.48. The van der Waals surface area contributed by atoms with Crippen LogP contribution < -0.4 is 27.0 Å². The van der Waals surface area contributed by atoms with Gasteiger partial charge in [0.05, 0.1) is 18.6 Å². The van der Waals surface area contributed by atoms with Crippen molar-refractivity contribution < 1.29 is 0 Å². The van der Waals surface area contributed by atoms with E-state index in [2.05, 4.69) is 149 Å². The minimum Gasteiger partial charge on any atom is -0.381 e. The van der Waals surface area contributed by atoms with E-state index in [4.69, 9.17) is 5.73 Å². The van der Waals surface area contributed by atoms with E-state index in [1.165, 1.54) is 42.5 Å². The molecule has 0 amide bonds. The van der Waals surface area contributed by atoms with Crippen LogP contribution in [-0.2, 0) is 6.42 Å². The normalized spacial score (nSPS) is 14.6. The lowest BCUT2D eigenvalue weighted by atomic mass is 10.0. The van der Waals surface area contributed by atoms with Crippen molar-refractivity contribution in [3.8, 4) is 0 Å². The lowest BCUT2D eigenvalue weighted by Gasteiger charge is -2.34. The summed E-state index contributed by atoms with van der Waals surface area (Å²) < 4.78 is 0. The van der Waals surface area contributed by atoms with Gasteiger partial charge < -0.3 is 31.9 Å². The van der Waals surface area contributed by atoms with Crippen LogP contribution in [0, 0.1) is 12.8 Å². The van der Waals surface area contributed by atoms with Gasteiger partial charge in [0.15, 0.2) is 0 Å². The van der Waals surface area contributed by atoms with Crippen LogP contribution in [0.1, 0.15) is 111 Å². The number of nitrogens with two attached hydrogens (primary N) is 1. The Labute approximate surface area is 320 Å². The summed E-state index contributed by atoms with van der Waals surface area (Å²) in [5.41, 5.74) is 13.0. The third-order valence-electron chi connectivity index (χ3n) is 8.50. The number of allylic oxidation sites excluding steroid dienone is 2. The quantitative estimate of drug-likeness (QED) is 0.0880. The first kappa shape index (κ1) is 46.5. The van der Waals surface area contributed by atoms with E-state index in [1.807, 2.05) is 18.2 Å². The molecular formula is C46H78N6. The minimum absolute atomic E-state index is 0.0618. The fraction of sp³-hybridized carbons (Fsp3) is 0.565. The average molecular weight is 715 g/mol. The maximum Gasteiger partial charge on any atom is 0.0694 e. The second-order valence-electron chi connectivity index (χ2n) is 15.0. The molecule has 6 N–H and O–H groups in total. The molecule has 1 saturated heterocycles. The Morgan fingerprint density at radius 3 is 1.85 bits per heavy atom. The zero-order chi connectivity index (χ0) is 38.6. The Morgan fingerprint density at radius 2 is 1.35 bits per heavy atom. The monoisotopic (exact) mass is 715 g/mol. The summed E-state index contributed by atoms with van der Waals surface area (Å²) in [6, 6.07) is 21.7. The van der Waals surface area contributed by atoms with Crippen molar-refractivity contribution in [2.45, 2.75) is 131 Å². The van der Waals surface area contributed by atoms with Gasteiger partial charge in [0.1, 0.15) is 0 Å². The zero-order valence-corrected chi connectivity index (χ0v) is 34.6. The maximum absolute atomic E-state index is 5.92. The van der Waals surface area contributed by atoms with Gasteiger partial charge in [-0.05, 0) is 69.9 Å². The molecule has 52 heavy (non-hydrogen) atoms. The molecule has 3 rings (SSSR count). The predicted molar refractivity (Wildman–Crippen MR) is 230 cm³/mol. The number of rotatable bonds is 20. The molecule has 0 spiro atoms. The van der Waals surface area contributed by atoms with Gasteiger partial charge in [0, 0.05) is 48.5 Å². The molecular weight excluding hydrogens is 637 g/mol. The van der Waals surface area contributed by atoms with Crippen molar-refractivity contribution in [3.63, 3.8) is 0 Å². The van der Waals surface area contributed by atoms with Crippen LogP contribution in [0.3, 0.4) is 0 Å². The van der Waals surface area contributed by atoms with E-state index in [0.717, 1.165) is 74.7 Å². The number of hydrogen-bond acceptors (Lipinski definition) is 6. The number of hydrogen-bond donors (Lipinski definition) is 5. The third-order valence-corrected chi connectivity index (χ3v) is 8.50. The largest absolute Gasteiger partial charge is 0.381 e. The smallest absolute Gasteiger partial charge is 0.0694 e. The molecule has 6 nitrogen and oxygen atoms in total. The molecule has 2 aromatic rings. The third kappa shape index (κ3) is 22.5. The van der Waals surface area contributed by atoms with Gasteiger partial charge in [-0.1, -0.05) is 153 Å². The summed E-state index contributed by atoms with van der Waals surface area (Å²) in [6.45, 7) is 30.5. The van der Waals surface area contributed by atoms with Gasteiger partial charge in [-0.15, -0.1) is 0 Å². The molecule has 2 unspecified atom stereocenters. The average Bonchev–Trinajstić information content (AvgIpc) is 3.40. The van der Waals surface area contributed by atoms with Gasteiger partial charge in [0.2, 0.25) is 0 Å². The van der Waals surface area contributed by atoms with Gasteiger partial charge >= 0.3 is 0 Å². The highest BCUT2D eigenvalue weighted by Gasteiger charge is 2.22. The second-order valence-corrected chi connectivity index (χ2v) is 15.0. The molecule has 0 saturated carbocycles. The number of nitrogens with one attached hydrogen (secondary N) is 4. The van der Waals surface area contributed by atoms with Crippen LogP contribution >= 0.6 is 0 Å². The van der Waals surface area contributed by atoms with E-state index in [1.54, 1.807) is 0 Å². The van der Waals surface area contributed by atoms with Crippen molar-refractivity contribution in [3.05, 3.63) is 120 Å². The van der Waals surface area contributed by atoms with E-state index in [-0.39, 0.29) is 12.1 Å². The summed E-state index contributed by atoms with van der Waals surface area (Å²) in [7, 11) is 0. The summed E-state index contributed by atoms with van der Waals surface area (Å²) >= 11 is 0. The number of benzene rings is 2. The van der Waals surface area contributed by atoms with Gasteiger partial charge in [-0.2, -0.15) is 0 Å². The predicted octanol–water partition coefficient (Wildman–Crippen LogP) is 9.62. The highest BCUT2D eigenvalue weighted by atomic mass is 15.2. The highest BCUT2D eigenvalue weighted by molar-refractivity contribution is 5.23. The fourth-order valence-corrected chi connectivity index (χ4v) is 6.01. The molecule has 0 aliphatic carbocycles. The van der Waals surface area contributed by atoms with E-state index in [0.29, 0.717) is 19.1 Å². The van der Waals surface area contributed by atoms with Crippen LogP contribution in [0.15, 0.2) is 109 Å². The van der Waals surface area contributed by atoms with Gasteiger partial charge in [-0.25, -0.2) is 0 Å². The summed E-state index contributed by atoms with van der Waals surface area (Å²) in [5.74, 6) is 0.833. The molecule has 2 aromatic carbocycles. The summed E-state index contributed by atoms with van der Waals surface area (Å²) in [5, 5.41) is 14.8. The Morgan fingerprint density at radius 1 is 0.788 bits per heavy atom. The molecule has 0 radical (unpaired) electrons. The van der Waals surface area contributed by atoms with E-state index >= 15 is 0 Å². The lowest BCUT2D eigenvalue weighted by Crippen LogP contribution is -2.43. The molecule has 0 aromatic heterocycles. The molecule has 1 heterocycles. The molecule has 1 aliphatic heterocycles. The first-order valence-electron chi connectivity index (χ1n) is 20.3. The van der Waals surface area contributed by atoms with E-state index < -0.39 is 0 Å². The summed E-state index contributed by atoms with van der Waals surface area (Å²) in [4.78, 5) is 2.64. The zero-order valence-electron chi connectivity index (χ0n) is 34.6. The number of nitrogens with zero attached hydrogens (tertiary/aromatic N) is 1. The molecule has 1 fully saturated rings. The SMILES string of the molecule is C=C(CN)NC(Cc1ccccc1)C(=CCC)NCC(=C)NC(CCCNC(C)C)C(=CCC)N1CCCCCC1.CC(C)C.Cc1ccccc1. The fourth-order valence-electron chi connectivity index (χ4n) is 6.01. The van der Waals surface area contributed by atoms with Crippen molar-refractivity contribution in [1.29, 1.82) is 0 Å². The van der Waals surface area contributed by atoms with E-state index in [9.17, 15) is 0 Å². The van der Waals surface area contributed by atoms with Crippen molar-refractivity contribution in [1.82, 2.24) is 26.2 Å². The van der Waals surface area contributed by atoms with Gasteiger partial charge in [-0.3, -0.25) is 0 Å². The lowest BCUT2D eigenvalue weighted by molar-refractivity contribution is 0.313. The maximum atomic E-state index is 5.92. The van der Waals surface area contributed by atoms with Crippen LogP contribution in [0.2, 0.25) is 0 Å². The Bertz CT molecular complexity index is 1240. The van der Waals surface area contributed by atoms with Gasteiger partial charge in [0.25, 0.3) is 0 Å². The van der Waals surface area contributed by atoms with Crippen molar-refractivity contribution in [2.75, 3.05) is 32.7 Å². The van der Waals surface area contributed by atoms with Crippen molar-refractivity contribution in [2.24, 2.45) is 11.7 Å². The van der Waals surface area contributed by atoms with Crippen LogP contribution in [0.4, 0.5) is 0 Å². The first-order valence-corrected chi connectivity index (χ1v) is 20.3. The molecule has 6 heteroatoms. The van der Waals surface area contributed by atoms with Crippen molar-refractivity contribution >= 4 is 0 Å². The second kappa shape index (κ2) is 29.0. The number of aryl methyl sites for hydroxylation is 1. The Balaban J connectivity index is 0.00000105. The summed E-state index contributed by atoms with van der Waals surface area (Å²) in [6.07, 6.45) is 15.0.